The number of amides is 1. The monoisotopic (exact) mass is 311 g/mol. The fraction of sp³-hybridized carbons (Fsp3) is 0.263. The standard InChI is InChI=1S/C19H21NO3/c1-11-5-8-16(14(4)9-11)18(21)20-17(19(22)23)15-7-6-12(2)13(3)10-15/h5-10,17H,1-4H3,(H,20,21)(H,22,23). The number of aryl methyl sites for hydroxylation is 4. The van der Waals surface area contributed by atoms with Crippen LogP contribution in [0.3, 0.4) is 0 Å². The molecule has 120 valence electrons. The first-order valence-corrected chi connectivity index (χ1v) is 7.47. The third-order valence-electron chi connectivity index (χ3n) is 4.01. The molecule has 0 radical (unpaired) electrons. The van der Waals surface area contributed by atoms with Crippen molar-refractivity contribution in [3.05, 3.63) is 69.8 Å². The minimum Gasteiger partial charge on any atom is -0.479 e. The summed E-state index contributed by atoms with van der Waals surface area (Å²) in [5.74, 6) is -1.46. The van der Waals surface area contributed by atoms with Crippen LogP contribution in [0, 0.1) is 27.7 Å². The van der Waals surface area contributed by atoms with Gasteiger partial charge in [0.15, 0.2) is 6.04 Å². The Bertz CT molecular complexity index is 765. The van der Waals surface area contributed by atoms with Crippen LogP contribution in [0.2, 0.25) is 0 Å². The first-order valence-electron chi connectivity index (χ1n) is 7.47. The number of aliphatic carboxylic acids is 1. The van der Waals surface area contributed by atoms with E-state index in [0.29, 0.717) is 11.1 Å². The van der Waals surface area contributed by atoms with Crippen LogP contribution < -0.4 is 5.32 Å². The van der Waals surface area contributed by atoms with Gasteiger partial charge in [0.25, 0.3) is 5.91 Å². The van der Waals surface area contributed by atoms with Gasteiger partial charge in [-0.05, 0) is 56.0 Å². The summed E-state index contributed by atoms with van der Waals surface area (Å²) in [4.78, 5) is 24.0. The number of rotatable bonds is 4. The summed E-state index contributed by atoms with van der Waals surface area (Å²) in [7, 11) is 0. The highest BCUT2D eigenvalue weighted by molar-refractivity contribution is 5.98. The zero-order chi connectivity index (χ0) is 17.1. The molecule has 1 amide bonds. The lowest BCUT2D eigenvalue weighted by atomic mass is 10.00. The van der Waals surface area contributed by atoms with Gasteiger partial charge in [0.1, 0.15) is 0 Å². The van der Waals surface area contributed by atoms with E-state index in [9.17, 15) is 14.7 Å². The first kappa shape index (κ1) is 16.7. The van der Waals surface area contributed by atoms with E-state index in [-0.39, 0.29) is 5.91 Å². The average Bonchev–Trinajstić information content (AvgIpc) is 2.47. The second-order valence-electron chi connectivity index (χ2n) is 5.91. The van der Waals surface area contributed by atoms with Crippen molar-refractivity contribution in [3.63, 3.8) is 0 Å². The molecule has 2 aromatic carbocycles. The van der Waals surface area contributed by atoms with Gasteiger partial charge in [-0.1, -0.05) is 35.9 Å². The summed E-state index contributed by atoms with van der Waals surface area (Å²) in [6.07, 6.45) is 0. The van der Waals surface area contributed by atoms with Crippen molar-refractivity contribution in [1.29, 1.82) is 0 Å². The molecule has 23 heavy (non-hydrogen) atoms. The second-order valence-corrected chi connectivity index (χ2v) is 5.91. The van der Waals surface area contributed by atoms with E-state index in [1.165, 1.54) is 0 Å². The third-order valence-corrected chi connectivity index (χ3v) is 4.01. The number of carboxylic acids is 1. The first-order chi connectivity index (χ1) is 10.8. The molecule has 1 unspecified atom stereocenters. The van der Waals surface area contributed by atoms with Crippen LogP contribution in [0.15, 0.2) is 36.4 Å². The van der Waals surface area contributed by atoms with Gasteiger partial charge in [-0.25, -0.2) is 4.79 Å². The molecule has 0 aliphatic carbocycles. The highest BCUT2D eigenvalue weighted by atomic mass is 16.4. The Hall–Kier alpha value is -2.62. The molecule has 0 aromatic heterocycles. The molecule has 1 atom stereocenters. The average molecular weight is 311 g/mol. The van der Waals surface area contributed by atoms with Crippen molar-refractivity contribution in [2.45, 2.75) is 33.7 Å². The number of hydrogen-bond acceptors (Lipinski definition) is 2. The largest absolute Gasteiger partial charge is 0.479 e. The Morgan fingerprint density at radius 3 is 2.17 bits per heavy atom. The third kappa shape index (κ3) is 3.77. The maximum absolute atomic E-state index is 12.4. The topological polar surface area (TPSA) is 66.4 Å². The number of benzene rings is 2. The minimum atomic E-state index is -1.08. The molecule has 4 nitrogen and oxygen atoms in total. The normalized spacial score (nSPS) is 11.8. The van der Waals surface area contributed by atoms with Gasteiger partial charge in [0, 0.05) is 5.56 Å². The Labute approximate surface area is 136 Å². The highest BCUT2D eigenvalue weighted by Crippen LogP contribution is 2.19. The SMILES string of the molecule is Cc1ccc(C(=O)NC(C(=O)O)c2ccc(C)c(C)c2)c(C)c1. The predicted octanol–water partition coefficient (Wildman–Crippen LogP) is 3.48. The summed E-state index contributed by atoms with van der Waals surface area (Å²) in [6.45, 7) is 7.67. The molecular formula is C19H21NO3. The van der Waals surface area contributed by atoms with E-state index in [0.717, 1.165) is 22.3 Å². The van der Waals surface area contributed by atoms with Crippen LogP contribution in [0.5, 0.6) is 0 Å². The molecule has 4 heteroatoms. The van der Waals surface area contributed by atoms with Crippen molar-refractivity contribution >= 4 is 11.9 Å². The molecule has 2 rings (SSSR count). The van der Waals surface area contributed by atoms with E-state index in [4.69, 9.17) is 0 Å². The van der Waals surface area contributed by atoms with Crippen LogP contribution in [-0.2, 0) is 4.79 Å². The van der Waals surface area contributed by atoms with E-state index in [2.05, 4.69) is 5.32 Å². The fourth-order valence-electron chi connectivity index (χ4n) is 2.51. The molecule has 2 aromatic rings. The van der Waals surface area contributed by atoms with E-state index >= 15 is 0 Å². The van der Waals surface area contributed by atoms with Gasteiger partial charge in [0.05, 0.1) is 0 Å². The maximum atomic E-state index is 12.4. The van der Waals surface area contributed by atoms with Gasteiger partial charge < -0.3 is 10.4 Å². The number of carboxylic acid groups (broad SMARTS) is 1. The quantitative estimate of drug-likeness (QED) is 0.908. The highest BCUT2D eigenvalue weighted by Gasteiger charge is 2.23. The van der Waals surface area contributed by atoms with Crippen molar-refractivity contribution in [2.75, 3.05) is 0 Å². The lowest BCUT2D eigenvalue weighted by Crippen LogP contribution is -2.34. The lowest BCUT2D eigenvalue weighted by Gasteiger charge is -2.17. The zero-order valence-corrected chi connectivity index (χ0v) is 13.8. The molecular weight excluding hydrogens is 290 g/mol. The van der Waals surface area contributed by atoms with Crippen LogP contribution in [0.25, 0.3) is 0 Å². The number of hydrogen-bond donors (Lipinski definition) is 2. The summed E-state index contributed by atoms with van der Waals surface area (Å²) < 4.78 is 0. The van der Waals surface area contributed by atoms with E-state index in [1.54, 1.807) is 18.2 Å². The molecule has 0 saturated carbocycles. The van der Waals surface area contributed by atoms with Crippen molar-refractivity contribution in [1.82, 2.24) is 5.32 Å². The molecule has 2 N–H and O–H groups in total. The minimum absolute atomic E-state index is 0.381. The van der Waals surface area contributed by atoms with Crippen LogP contribution in [0.4, 0.5) is 0 Å². The number of nitrogens with one attached hydrogen (secondary N) is 1. The second kappa shape index (κ2) is 6.65. The van der Waals surface area contributed by atoms with Crippen LogP contribution in [0.1, 0.15) is 44.2 Å². The summed E-state index contributed by atoms with van der Waals surface area (Å²) in [5.41, 5.74) is 5.02. The molecule has 0 bridgehead atoms. The van der Waals surface area contributed by atoms with Gasteiger partial charge in [-0.3, -0.25) is 4.79 Å². The van der Waals surface area contributed by atoms with Crippen molar-refractivity contribution < 1.29 is 14.7 Å². The van der Waals surface area contributed by atoms with Crippen LogP contribution in [-0.4, -0.2) is 17.0 Å². The molecule has 0 aliphatic heterocycles. The van der Waals surface area contributed by atoms with E-state index in [1.807, 2.05) is 45.9 Å². The molecule has 0 aliphatic rings. The summed E-state index contributed by atoms with van der Waals surface area (Å²) in [6, 6.07) is 9.81. The Morgan fingerprint density at radius 1 is 0.913 bits per heavy atom. The fourth-order valence-corrected chi connectivity index (χ4v) is 2.51. The Morgan fingerprint density at radius 2 is 1.61 bits per heavy atom. The summed E-state index contributed by atoms with van der Waals surface area (Å²) >= 11 is 0. The smallest absolute Gasteiger partial charge is 0.330 e. The molecule has 0 fully saturated rings. The summed E-state index contributed by atoms with van der Waals surface area (Å²) in [5, 5.41) is 12.1. The van der Waals surface area contributed by atoms with Crippen LogP contribution >= 0.6 is 0 Å². The molecule has 0 spiro atoms. The van der Waals surface area contributed by atoms with Gasteiger partial charge >= 0.3 is 5.97 Å². The van der Waals surface area contributed by atoms with Gasteiger partial charge in [-0.2, -0.15) is 0 Å². The van der Waals surface area contributed by atoms with Crippen molar-refractivity contribution in [2.24, 2.45) is 0 Å². The predicted molar refractivity (Wildman–Crippen MR) is 89.7 cm³/mol. The van der Waals surface area contributed by atoms with Crippen molar-refractivity contribution in [3.8, 4) is 0 Å². The van der Waals surface area contributed by atoms with E-state index < -0.39 is 12.0 Å². The number of carbonyl (C=O) groups excluding carboxylic acids is 1. The zero-order valence-electron chi connectivity index (χ0n) is 13.8. The maximum Gasteiger partial charge on any atom is 0.330 e. The number of carbonyl (C=O) groups is 2. The Balaban J connectivity index is 2.30. The van der Waals surface area contributed by atoms with Gasteiger partial charge in [0.2, 0.25) is 0 Å². The Kier molecular flexibility index (Phi) is 4.84. The molecule has 0 saturated heterocycles. The van der Waals surface area contributed by atoms with Gasteiger partial charge in [-0.15, -0.1) is 0 Å². The lowest BCUT2D eigenvalue weighted by molar-refractivity contribution is -0.139. The molecule has 0 heterocycles.